The Morgan fingerprint density at radius 1 is 0.444 bits per heavy atom. The van der Waals surface area contributed by atoms with E-state index in [2.05, 4.69) is 132 Å². The Balaban J connectivity index is 1.14. The Hall–Kier alpha value is -6.13. The number of hydrogen-bond donors (Lipinski definition) is 0. The average molecular weight is 579 g/mol. The summed E-state index contributed by atoms with van der Waals surface area (Å²) in [4.78, 5) is 7.18. The van der Waals surface area contributed by atoms with Crippen LogP contribution in [-0.2, 0) is 0 Å². The van der Waals surface area contributed by atoms with Crippen molar-refractivity contribution in [3.63, 3.8) is 0 Å². The van der Waals surface area contributed by atoms with Crippen molar-refractivity contribution >= 4 is 60.9 Å². The fourth-order valence-corrected chi connectivity index (χ4v) is 6.37. The molecule has 0 atom stereocenters. The van der Waals surface area contributed by atoms with Crippen molar-refractivity contribution < 1.29 is 8.83 Å². The van der Waals surface area contributed by atoms with Gasteiger partial charge in [-0.25, -0.2) is 4.98 Å². The summed E-state index contributed by atoms with van der Waals surface area (Å²) in [5.74, 6) is 0.628. The molecule has 0 N–H and O–H groups in total. The van der Waals surface area contributed by atoms with Crippen LogP contribution in [0.1, 0.15) is 0 Å². The number of anilines is 3. The number of oxazole rings is 1. The molecular weight excluding hydrogens is 552 g/mol. The Bertz CT molecular complexity index is 2490. The number of fused-ring (bicyclic) bond motifs is 5. The fourth-order valence-electron chi connectivity index (χ4n) is 6.37. The Morgan fingerprint density at radius 3 is 2.00 bits per heavy atom. The fraction of sp³-hybridized carbons (Fsp3) is 0. The summed E-state index contributed by atoms with van der Waals surface area (Å²) in [6.07, 6.45) is 0. The molecule has 45 heavy (non-hydrogen) atoms. The monoisotopic (exact) mass is 578 g/mol. The maximum absolute atomic E-state index is 6.50. The van der Waals surface area contributed by atoms with Gasteiger partial charge in [-0.15, -0.1) is 0 Å². The standard InChI is InChI=1S/C41H26N2O2/c1-2-12-29(13-3-1)43(31-24-25-39-36(26-31)34-15-6-7-19-38(34)44-39)30-22-20-28(21-23-30)33-16-9-18-37-40(33)45-41(42-37)35-17-8-11-27-10-4-5-14-32(27)35/h1-26H. The lowest BCUT2D eigenvalue weighted by Crippen LogP contribution is -2.09. The van der Waals surface area contributed by atoms with Crippen LogP contribution < -0.4 is 4.90 Å². The Labute approximate surface area is 259 Å². The van der Waals surface area contributed by atoms with Crippen molar-refractivity contribution in [3.05, 3.63) is 158 Å². The summed E-state index contributed by atoms with van der Waals surface area (Å²) in [5, 5.41) is 4.50. The average Bonchev–Trinajstić information content (AvgIpc) is 3.71. The van der Waals surface area contributed by atoms with Gasteiger partial charge in [0.1, 0.15) is 16.7 Å². The summed E-state index contributed by atoms with van der Waals surface area (Å²) >= 11 is 0. The third kappa shape index (κ3) is 4.27. The smallest absolute Gasteiger partial charge is 0.227 e. The first kappa shape index (κ1) is 25.4. The summed E-state index contributed by atoms with van der Waals surface area (Å²) in [6.45, 7) is 0. The molecule has 2 heterocycles. The first-order chi connectivity index (χ1) is 22.3. The molecule has 212 valence electrons. The van der Waals surface area contributed by atoms with Crippen LogP contribution in [0.5, 0.6) is 0 Å². The molecule has 2 aromatic heterocycles. The first-order valence-corrected chi connectivity index (χ1v) is 15.0. The molecule has 0 fully saturated rings. The van der Waals surface area contributed by atoms with Crippen LogP contribution in [0.15, 0.2) is 167 Å². The minimum atomic E-state index is 0.628. The highest BCUT2D eigenvalue weighted by atomic mass is 16.3. The zero-order valence-corrected chi connectivity index (χ0v) is 24.2. The van der Waals surface area contributed by atoms with Crippen LogP contribution in [-0.4, -0.2) is 4.98 Å². The Kier molecular flexibility index (Phi) is 5.78. The Morgan fingerprint density at radius 2 is 1.11 bits per heavy atom. The highest BCUT2D eigenvalue weighted by Gasteiger charge is 2.18. The molecule has 4 heteroatoms. The third-order valence-electron chi connectivity index (χ3n) is 8.50. The summed E-state index contributed by atoms with van der Waals surface area (Å²) in [5.41, 5.74) is 9.65. The molecule has 0 amide bonds. The van der Waals surface area contributed by atoms with Crippen molar-refractivity contribution in [2.75, 3.05) is 4.90 Å². The molecule has 0 bridgehead atoms. The summed E-state index contributed by atoms with van der Waals surface area (Å²) < 4.78 is 12.6. The van der Waals surface area contributed by atoms with Crippen LogP contribution in [0.3, 0.4) is 0 Å². The summed E-state index contributed by atoms with van der Waals surface area (Å²) in [7, 11) is 0. The molecule has 7 aromatic carbocycles. The number of furan rings is 1. The second-order valence-corrected chi connectivity index (χ2v) is 11.2. The van der Waals surface area contributed by atoms with Gasteiger partial charge in [0.2, 0.25) is 5.89 Å². The number of aromatic nitrogens is 1. The van der Waals surface area contributed by atoms with E-state index in [1.54, 1.807) is 0 Å². The van der Waals surface area contributed by atoms with E-state index in [1.165, 1.54) is 0 Å². The molecule has 0 aliphatic heterocycles. The van der Waals surface area contributed by atoms with Crippen molar-refractivity contribution in [3.8, 4) is 22.6 Å². The van der Waals surface area contributed by atoms with Crippen LogP contribution in [0.25, 0.3) is 66.4 Å². The maximum Gasteiger partial charge on any atom is 0.227 e. The highest BCUT2D eigenvalue weighted by molar-refractivity contribution is 6.06. The lowest BCUT2D eigenvalue weighted by atomic mass is 10.0. The second-order valence-electron chi connectivity index (χ2n) is 11.2. The van der Waals surface area contributed by atoms with Gasteiger partial charge in [-0.05, 0) is 77.0 Å². The molecule has 0 saturated carbocycles. The molecule has 0 spiro atoms. The quantitative estimate of drug-likeness (QED) is 0.204. The lowest BCUT2D eigenvalue weighted by molar-refractivity contribution is 0.621. The van der Waals surface area contributed by atoms with Crippen molar-refractivity contribution in [2.24, 2.45) is 0 Å². The normalized spacial score (nSPS) is 11.6. The predicted molar refractivity (Wildman–Crippen MR) is 184 cm³/mol. The van der Waals surface area contributed by atoms with Gasteiger partial charge in [-0.1, -0.05) is 97.1 Å². The zero-order chi connectivity index (χ0) is 29.7. The lowest BCUT2D eigenvalue weighted by Gasteiger charge is -2.25. The van der Waals surface area contributed by atoms with Gasteiger partial charge in [-0.3, -0.25) is 0 Å². The van der Waals surface area contributed by atoms with Crippen LogP contribution in [0.2, 0.25) is 0 Å². The van der Waals surface area contributed by atoms with E-state index in [0.717, 1.165) is 77.6 Å². The van der Waals surface area contributed by atoms with Crippen molar-refractivity contribution in [2.45, 2.75) is 0 Å². The van der Waals surface area contributed by atoms with Gasteiger partial charge in [0.05, 0.1) is 0 Å². The van der Waals surface area contributed by atoms with E-state index in [4.69, 9.17) is 13.8 Å². The molecule has 0 saturated heterocycles. The molecule has 4 nitrogen and oxygen atoms in total. The van der Waals surface area contributed by atoms with E-state index in [-0.39, 0.29) is 0 Å². The largest absolute Gasteiger partial charge is 0.456 e. The van der Waals surface area contributed by atoms with E-state index < -0.39 is 0 Å². The van der Waals surface area contributed by atoms with Crippen molar-refractivity contribution in [1.29, 1.82) is 0 Å². The number of nitrogens with zero attached hydrogens (tertiary/aromatic N) is 2. The predicted octanol–water partition coefficient (Wildman–Crippen LogP) is 11.7. The molecule has 9 rings (SSSR count). The van der Waals surface area contributed by atoms with Gasteiger partial charge in [0.15, 0.2) is 5.58 Å². The summed E-state index contributed by atoms with van der Waals surface area (Å²) in [6, 6.07) is 54.4. The molecule has 0 radical (unpaired) electrons. The van der Waals surface area contributed by atoms with Crippen molar-refractivity contribution in [1.82, 2.24) is 4.98 Å². The van der Waals surface area contributed by atoms with Gasteiger partial charge in [-0.2, -0.15) is 0 Å². The molecule has 0 aliphatic rings. The molecule has 0 unspecified atom stereocenters. The SMILES string of the molecule is c1ccc(N(c2ccc(-c3cccc4nc(-c5cccc6ccccc56)oc34)cc2)c2ccc3oc4ccccc4c3c2)cc1. The van der Waals surface area contributed by atoms with Gasteiger partial charge in [0.25, 0.3) is 0 Å². The number of rotatable bonds is 5. The van der Waals surface area contributed by atoms with Gasteiger partial charge >= 0.3 is 0 Å². The second kappa shape index (κ2) is 10.2. The van der Waals surface area contributed by atoms with Crippen LogP contribution in [0, 0.1) is 0 Å². The minimum absolute atomic E-state index is 0.628. The van der Waals surface area contributed by atoms with Crippen LogP contribution in [0.4, 0.5) is 17.1 Å². The van der Waals surface area contributed by atoms with E-state index in [9.17, 15) is 0 Å². The third-order valence-corrected chi connectivity index (χ3v) is 8.50. The number of para-hydroxylation sites is 3. The topological polar surface area (TPSA) is 42.4 Å². The molecule has 9 aromatic rings. The van der Waals surface area contributed by atoms with E-state index in [0.29, 0.717) is 5.89 Å². The van der Waals surface area contributed by atoms with E-state index >= 15 is 0 Å². The minimum Gasteiger partial charge on any atom is -0.456 e. The van der Waals surface area contributed by atoms with Crippen LogP contribution >= 0.6 is 0 Å². The number of hydrogen-bond acceptors (Lipinski definition) is 4. The van der Waals surface area contributed by atoms with E-state index in [1.807, 2.05) is 30.3 Å². The zero-order valence-electron chi connectivity index (χ0n) is 24.2. The van der Waals surface area contributed by atoms with Gasteiger partial charge < -0.3 is 13.7 Å². The molecule has 0 aliphatic carbocycles. The van der Waals surface area contributed by atoms with Gasteiger partial charge in [0, 0.05) is 39.0 Å². The molecular formula is C41H26N2O2. The maximum atomic E-state index is 6.50. The number of benzene rings is 7. The highest BCUT2D eigenvalue weighted by Crippen LogP contribution is 2.40. The first-order valence-electron chi connectivity index (χ1n) is 15.0.